The average molecular weight is 336 g/mol. The Morgan fingerprint density at radius 2 is 2.04 bits per heavy atom. The van der Waals surface area contributed by atoms with E-state index in [-0.39, 0.29) is 0 Å². The summed E-state index contributed by atoms with van der Waals surface area (Å²) in [5.41, 5.74) is 8.98. The number of hydrogen-bond acceptors (Lipinski definition) is 5. The van der Waals surface area contributed by atoms with Gasteiger partial charge in [0.25, 0.3) is 0 Å². The van der Waals surface area contributed by atoms with E-state index in [0.29, 0.717) is 11.9 Å². The second-order valence-corrected chi connectivity index (χ2v) is 6.70. The molecule has 3 N–H and O–H groups in total. The lowest BCUT2D eigenvalue weighted by Gasteiger charge is -2.20. The van der Waals surface area contributed by atoms with Gasteiger partial charge in [0, 0.05) is 25.3 Å². The van der Waals surface area contributed by atoms with Crippen molar-refractivity contribution >= 4 is 17.2 Å². The maximum absolute atomic E-state index is 5.65. The highest BCUT2D eigenvalue weighted by Crippen LogP contribution is 2.18. The monoisotopic (exact) mass is 336 g/mol. The molecule has 130 valence electrons. The molecule has 1 aliphatic heterocycles. The third kappa shape index (κ3) is 3.74. The second-order valence-electron chi connectivity index (χ2n) is 6.70. The zero-order valence-electron chi connectivity index (χ0n) is 14.3. The summed E-state index contributed by atoms with van der Waals surface area (Å²) in [6.45, 7) is 3.15. The van der Waals surface area contributed by atoms with E-state index in [9.17, 15) is 0 Å². The Morgan fingerprint density at radius 3 is 2.92 bits per heavy atom. The summed E-state index contributed by atoms with van der Waals surface area (Å²) in [5, 5.41) is 3.59. The summed E-state index contributed by atoms with van der Waals surface area (Å²) in [6.07, 6.45) is 9.40. The van der Waals surface area contributed by atoms with Crippen molar-refractivity contribution in [3.05, 3.63) is 54.6 Å². The number of imidazole rings is 1. The van der Waals surface area contributed by atoms with Crippen LogP contribution in [0.25, 0.3) is 5.65 Å². The lowest BCUT2D eigenvalue weighted by Crippen LogP contribution is -2.26. The van der Waals surface area contributed by atoms with Crippen LogP contribution in [0.3, 0.4) is 0 Å². The van der Waals surface area contributed by atoms with Crippen LogP contribution in [0.2, 0.25) is 0 Å². The van der Waals surface area contributed by atoms with Gasteiger partial charge in [-0.05, 0) is 50.1 Å². The molecule has 6 nitrogen and oxygen atoms in total. The molecule has 1 saturated heterocycles. The van der Waals surface area contributed by atoms with E-state index in [4.69, 9.17) is 5.73 Å². The largest absolute Gasteiger partial charge is 0.384 e. The van der Waals surface area contributed by atoms with Gasteiger partial charge < -0.3 is 15.5 Å². The number of fused-ring (bicyclic) bond motifs is 1. The Morgan fingerprint density at radius 1 is 1.08 bits per heavy atom. The molecule has 25 heavy (non-hydrogen) atoms. The van der Waals surface area contributed by atoms with Crippen LogP contribution in [0.5, 0.6) is 0 Å². The maximum Gasteiger partial charge on any atom is 0.136 e. The van der Waals surface area contributed by atoms with Gasteiger partial charge in [0.05, 0.1) is 23.8 Å². The van der Waals surface area contributed by atoms with Crippen LogP contribution in [-0.4, -0.2) is 38.4 Å². The molecule has 1 aliphatic rings. The highest BCUT2D eigenvalue weighted by atomic mass is 15.2. The number of hydrogen-bond donors (Lipinski definition) is 2. The Bertz CT molecular complexity index is 825. The molecule has 3 aromatic rings. The van der Waals surface area contributed by atoms with Crippen LogP contribution in [0.1, 0.15) is 25.0 Å². The second kappa shape index (κ2) is 7.11. The van der Waals surface area contributed by atoms with Crippen molar-refractivity contribution in [3.63, 3.8) is 0 Å². The highest BCUT2D eigenvalue weighted by molar-refractivity contribution is 5.46. The molecule has 3 aromatic heterocycles. The van der Waals surface area contributed by atoms with Gasteiger partial charge in [-0.15, -0.1) is 0 Å². The molecular weight excluding hydrogens is 312 g/mol. The number of pyridine rings is 2. The molecule has 6 heteroatoms. The first-order chi connectivity index (χ1) is 12.3. The van der Waals surface area contributed by atoms with Crippen molar-refractivity contribution in [1.82, 2.24) is 19.3 Å². The third-order valence-corrected chi connectivity index (χ3v) is 4.86. The van der Waals surface area contributed by atoms with E-state index in [1.165, 1.54) is 18.5 Å². The number of rotatable bonds is 4. The predicted octanol–water partition coefficient (Wildman–Crippen LogP) is 2.78. The van der Waals surface area contributed by atoms with Gasteiger partial charge >= 0.3 is 0 Å². The average Bonchev–Trinajstić information content (AvgIpc) is 2.90. The number of nitrogens with two attached hydrogens (primary N) is 1. The third-order valence-electron chi connectivity index (χ3n) is 4.86. The van der Waals surface area contributed by atoms with E-state index in [1.54, 1.807) is 0 Å². The van der Waals surface area contributed by atoms with Gasteiger partial charge in [-0.1, -0.05) is 6.07 Å². The Balaban J connectivity index is 1.37. The SMILES string of the molecule is Nc1ccc(N[C@H]2CCCN(Cc3cnc4ccccn34)CC2)cn1. The number of nitrogens with zero attached hydrogens (tertiary/aromatic N) is 4. The first-order valence-electron chi connectivity index (χ1n) is 8.89. The summed E-state index contributed by atoms with van der Waals surface area (Å²) in [5.74, 6) is 0.561. The van der Waals surface area contributed by atoms with Crippen molar-refractivity contribution in [2.75, 3.05) is 24.1 Å². The molecule has 4 heterocycles. The molecule has 0 aromatic carbocycles. The minimum absolute atomic E-state index is 0.484. The normalized spacial score (nSPS) is 19.0. The van der Waals surface area contributed by atoms with Crippen molar-refractivity contribution in [3.8, 4) is 0 Å². The van der Waals surface area contributed by atoms with Gasteiger partial charge in [-0.25, -0.2) is 9.97 Å². The Labute approximate surface area is 147 Å². The maximum atomic E-state index is 5.65. The van der Waals surface area contributed by atoms with Crippen LogP contribution in [0.15, 0.2) is 48.9 Å². The fraction of sp³-hybridized carbons (Fsp3) is 0.368. The fourth-order valence-corrected chi connectivity index (χ4v) is 3.52. The minimum Gasteiger partial charge on any atom is -0.384 e. The van der Waals surface area contributed by atoms with Crippen molar-refractivity contribution in [2.24, 2.45) is 0 Å². The molecule has 1 atom stereocenters. The molecule has 0 unspecified atom stereocenters. The van der Waals surface area contributed by atoms with Gasteiger partial charge in [0.1, 0.15) is 11.5 Å². The number of nitrogen functional groups attached to an aromatic ring is 1. The quantitative estimate of drug-likeness (QED) is 0.766. The van der Waals surface area contributed by atoms with Crippen LogP contribution >= 0.6 is 0 Å². The summed E-state index contributed by atoms with van der Waals surface area (Å²) < 4.78 is 2.18. The number of anilines is 2. The van der Waals surface area contributed by atoms with Gasteiger partial charge in [0.15, 0.2) is 0 Å². The first kappa shape index (κ1) is 15.9. The van der Waals surface area contributed by atoms with Gasteiger partial charge in [-0.3, -0.25) is 4.90 Å². The number of likely N-dealkylation sites (tertiary alicyclic amines) is 1. The predicted molar refractivity (Wildman–Crippen MR) is 100 cm³/mol. The van der Waals surface area contributed by atoms with Crippen molar-refractivity contribution in [1.29, 1.82) is 0 Å². The van der Waals surface area contributed by atoms with Gasteiger partial charge in [0.2, 0.25) is 0 Å². The van der Waals surface area contributed by atoms with E-state index in [1.807, 2.05) is 36.7 Å². The molecule has 0 aliphatic carbocycles. The number of nitrogens with one attached hydrogen (secondary N) is 1. The molecule has 0 bridgehead atoms. The lowest BCUT2D eigenvalue weighted by molar-refractivity contribution is 0.272. The topological polar surface area (TPSA) is 71.5 Å². The van der Waals surface area contributed by atoms with Crippen molar-refractivity contribution in [2.45, 2.75) is 31.8 Å². The van der Waals surface area contributed by atoms with Crippen LogP contribution in [-0.2, 0) is 6.54 Å². The smallest absolute Gasteiger partial charge is 0.136 e. The lowest BCUT2D eigenvalue weighted by atomic mass is 10.1. The molecule has 1 fully saturated rings. The van der Waals surface area contributed by atoms with Crippen LogP contribution in [0.4, 0.5) is 11.5 Å². The molecular formula is C19H24N6. The number of aromatic nitrogens is 3. The highest BCUT2D eigenvalue weighted by Gasteiger charge is 2.18. The summed E-state index contributed by atoms with van der Waals surface area (Å²) in [7, 11) is 0. The zero-order chi connectivity index (χ0) is 17.1. The van der Waals surface area contributed by atoms with Crippen LogP contribution < -0.4 is 11.1 Å². The first-order valence-corrected chi connectivity index (χ1v) is 8.89. The molecule has 0 amide bonds. The fourth-order valence-electron chi connectivity index (χ4n) is 3.52. The standard InChI is InChI=1S/C19H24N6/c20-18-7-6-16(12-21-18)23-15-4-3-9-24(11-8-15)14-17-13-22-19-5-1-2-10-25(17)19/h1-2,5-7,10,12-13,15,23H,3-4,8-9,11,14H2,(H2,20,21)/t15-/m0/s1. The summed E-state index contributed by atoms with van der Waals surface area (Å²) >= 11 is 0. The van der Waals surface area contributed by atoms with E-state index >= 15 is 0 Å². The van der Waals surface area contributed by atoms with Gasteiger partial charge in [-0.2, -0.15) is 0 Å². The Kier molecular flexibility index (Phi) is 4.52. The minimum atomic E-state index is 0.484. The van der Waals surface area contributed by atoms with E-state index in [0.717, 1.165) is 37.4 Å². The zero-order valence-corrected chi connectivity index (χ0v) is 14.3. The van der Waals surface area contributed by atoms with E-state index < -0.39 is 0 Å². The molecule has 0 saturated carbocycles. The van der Waals surface area contributed by atoms with E-state index in [2.05, 4.69) is 36.8 Å². The Hall–Kier alpha value is -2.60. The molecule has 0 spiro atoms. The molecule has 0 radical (unpaired) electrons. The van der Waals surface area contributed by atoms with Crippen LogP contribution in [0, 0.1) is 0 Å². The summed E-state index contributed by atoms with van der Waals surface area (Å²) in [4.78, 5) is 11.2. The molecule has 4 rings (SSSR count). The van der Waals surface area contributed by atoms with Crippen molar-refractivity contribution < 1.29 is 0 Å². The summed E-state index contributed by atoms with van der Waals surface area (Å²) in [6, 6.07) is 10.5.